The molecule has 0 radical (unpaired) electrons. The third kappa shape index (κ3) is 6.53. The van der Waals surface area contributed by atoms with Gasteiger partial charge in [0.25, 0.3) is 0 Å². The van der Waals surface area contributed by atoms with Crippen molar-refractivity contribution >= 4 is 16.6 Å². The summed E-state index contributed by atoms with van der Waals surface area (Å²) in [6.07, 6.45) is 14.3. The van der Waals surface area contributed by atoms with Gasteiger partial charge in [-0.25, -0.2) is 14.4 Å². The maximum absolute atomic E-state index is 14.6. The number of halogens is 1. The predicted molar refractivity (Wildman–Crippen MR) is 149 cm³/mol. The molecule has 4 rings (SSSR count). The molecule has 0 aliphatic rings. The zero-order valence-electron chi connectivity index (χ0n) is 21.4. The fraction of sp³-hybridized carbons (Fsp3) is 0.258. The summed E-state index contributed by atoms with van der Waals surface area (Å²) in [7, 11) is 0. The number of aliphatic hydroxyl groups excluding tert-OH is 1. The minimum absolute atomic E-state index is 0.0842. The van der Waals surface area contributed by atoms with E-state index in [0.29, 0.717) is 22.9 Å². The fourth-order valence-electron chi connectivity index (χ4n) is 4.43. The van der Waals surface area contributed by atoms with Gasteiger partial charge < -0.3 is 10.4 Å². The Kier molecular flexibility index (Phi) is 9.24. The number of nitrogens with one attached hydrogen (secondary N) is 1. The van der Waals surface area contributed by atoms with Crippen molar-refractivity contribution in [1.82, 2.24) is 20.3 Å². The highest BCUT2D eigenvalue weighted by Gasteiger charge is 2.14. The molecule has 37 heavy (non-hydrogen) atoms. The van der Waals surface area contributed by atoms with Crippen molar-refractivity contribution in [2.75, 3.05) is 13.2 Å². The second-order valence-electron chi connectivity index (χ2n) is 8.90. The molecule has 0 aliphatic heterocycles. The largest absolute Gasteiger partial charge is 0.392 e. The van der Waals surface area contributed by atoms with Gasteiger partial charge in [0.05, 0.1) is 12.3 Å². The van der Waals surface area contributed by atoms with Crippen LogP contribution in [0.3, 0.4) is 0 Å². The number of nitrogens with zero attached hydrogens (tertiary/aromatic N) is 3. The first kappa shape index (κ1) is 26.3. The van der Waals surface area contributed by atoms with Gasteiger partial charge >= 0.3 is 0 Å². The van der Waals surface area contributed by atoms with E-state index in [-0.39, 0.29) is 12.4 Å². The van der Waals surface area contributed by atoms with Crippen molar-refractivity contribution in [3.63, 3.8) is 0 Å². The second-order valence-corrected chi connectivity index (χ2v) is 8.90. The monoisotopic (exact) mass is 496 g/mol. The molecular formula is C31H33FN4O. The summed E-state index contributed by atoms with van der Waals surface area (Å²) >= 11 is 0. The van der Waals surface area contributed by atoms with Crippen LogP contribution < -0.4 is 5.32 Å². The SMILES string of the molecule is CC=C(CNC(CC)CCC=CCO)c1cncc(-c2cc(-c3ccccc3F)nc3ncccc23)c1. The highest BCUT2D eigenvalue weighted by atomic mass is 19.1. The molecule has 190 valence electrons. The zero-order chi connectivity index (χ0) is 26.0. The summed E-state index contributed by atoms with van der Waals surface area (Å²) in [6.45, 7) is 5.03. The molecule has 0 saturated carbocycles. The van der Waals surface area contributed by atoms with Gasteiger partial charge in [-0.1, -0.05) is 37.3 Å². The van der Waals surface area contributed by atoms with E-state index in [4.69, 9.17) is 5.11 Å². The van der Waals surface area contributed by atoms with Gasteiger partial charge in [-0.3, -0.25) is 4.98 Å². The van der Waals surface area contributed by atoms with Crippen LogP contribution in [0, 0.1) is 5.82 Å². The van der Waals surface area contributed by atoms with Gasteiger partial charge in [0.1, 0.15) is 5.82 Å². The Morgan fingerprint density at radius 3 is 2.73 bits per heavy atom. The van der Waals surface area contributed by atoms with Crippen LogP contribution in [0.1, 0.15) is 38.7 Å². The number of fused-ring (bicyclic) bond motifs is 1. The number of allylic oxidation sites excluding steroid dienone is 2. The smallest absolute Gasteiger partial charge is 0.160 e. The van der Waals surface area contributed by atoms with Gasteiger partial charge in [0.15, 0.2) is 5.65 Å². The Labute approximate surface area is 217 Å². The third-order valence-electron chi connectivity index (χ3n) is 6.53. The molecule has 3 aromatic heterocycles. The number of rotatable bonds is 11. The van der Waals surface area contributed by atoms with Gasteiger partial charge in [-0.2, -0.15) is 0 Å². The highest BCUT2D eigenvalue weighted by molar-refractivity contribution is 5.95. The lowest BCUT2D eigenvalue weighted by Gasteiger charge is -2.18. The van der Waals surface area contributed by atoms with Crippen molar-refractivity contribution in [1.29, 1.82) is 0 Å². The van der Waals surface area contributed by atoms with E-state index in [1.807, 2.05) is 49.7 Å². The van der Waals surface area contributed by atoms with Gasteiger partial charge in [0, 0.05) is 47.7 Å². The van der Waals surface area contributed by atoms with E-state index in [2.05, 4.69) is 39.3 Å². The van der Waals surface area contributed by atoms with E-state index in [1.165, 1.54) is 6.07 Å². The first-order valence-corrected chi connectivity index (χ1v) is 12.8. The van der Waals surface area contributed by atoms with Crippen LogP contribution in [0.5, 0.6) is 0 Å². The number of aromatic nitrogens is 3. The number of aliphatic hydroxyl groups is 1. The third-order valence-corrected chi connectivity index (χ3v) is 6.53. The topological polar surface area (TPSA) is 70.9 Å². The van der Waals surface area contributed by atoms with Gasteiger partial charge in [0.2, 0.25) is 0 Å². The number of hydrogen-bond donors (Lipinski definition) is 2. The summed E-state index contributed by atoms with van der Waals surface area (Å²) < 4.78 is 14.6. The Hall–Kier alpha value is -3.74. The average Bonchev–Trinajstić information content (AvgIpc) is 2.94. The first-order chi connectivity index (χ1) is 18.1. The van der Waals surface area contributed by atoms with Crippen LogP contribution >= 0.6 is 0 Å². The van der Waals surface area contributed by atoms with Crippen LogP contribution in [0.15, 0.2) is 85.3 Å². The Morgan fingerprint density at radius 1 is 1.08 bits per heavy atom. The minimum Gasteiger partial charge on any atom is -0.392 e. The van der Waals surface area contributed by atoms with Crippen molar-refractivity contribution in [3.8, 4) is 22.4 Å². The van der Waals surface area contributed by atoms with E-state index in [9.17, 15) is 4.39 Å². The molecule has 3 heterocycles. The van der Waals surface area contributed by atoms with E-state index < -0.39 is 0 Å². The Balaban J connectivity index is 1.64. The van der Waals surface area contributed by atoms with Crippen LogP contribution in [-0.2, 0) is 0 Å². The lowest BCUT2D eigenvalue weighted by molar-refractivity contribution is 0.342. The maximum atomic E-state index is 14.6. The van der Waals surface area contributed by atoms with Crippen molar-refractivity contribution in [2.45, 2.75) is 39.2 Å². The Morgan fingerprint density at radius 2 is 1.95 bits per heavy atom. The number of benzene rings is 1. The molecule has 5 nitrogen and oxygen atoms in total. The molecule has 0 bridgehead atoms. The van der Waals surface area contributed by atoms with Crippen molar-refractivity contribution < 1.29 is 9.50 Å². The van der Waals surface area contributed by atoms with Crippen LogP contribution in [0.25, 0.3) is 39.0 Å². The molecule has 0 aliphatic carbocycles. The second kappa shape index (κ2) is 13.0. The molecule has 1 aromatic carbocycles. The van der Waals surface area contributed by atoms with Crippen LogP contribution in [0.4, 0.5) is 4.39 Å². The molecule has 0 saturated heterocycles. The summed E-state index contributed by atoms with van der Waals surface area (Å²) in [5.74, 6) is -0.317. The van der Waals surface area contributed by atoms with E-state index >= 15 is 0 Å². The maximum Gasteiger partial charge on any atom is 0.160 e. The molecule has 0 spiro atoms. The molecule has 0 fully saturated rings. The van der Waals surface area contributed by atoms with Gasteiger partial charge in [-0.15, -0.1) is 0 Å². The molecule has 1 unspecified atom stereocenters. The lowest BCUT2D eigenvalue weighted by Crippen LogP contribution is -2.29. The summed E-state index contributed by atoms with van der Waals surface area (Å²) in [5.41, 5.74) is 5.58. The van der Waals surface area contributed by atoms with Gasteiger partial charge in [-0.05, 0) is 79.3 Å². The van der Waals surface area contributed by atoms with E-state index in [0.717, 1.165) is 53.5 Å². The van der Waals surface area contributed by atoms with Crippen molar-refractivity contribution in [3.05, 3.63) is 96.7 Å². The van der Waals surface area contributed by atoms with Crippen LogP contribution in [-0.4, -0.2) is 39.3 Å². The van der Waals surface area contributed by atoms with Crippen LogP contribution in [0.2, 0.25) is 0 Å². The summed E-state index contributed by atoms with van der Waals surface area (Å²) in [5, 5.41) is 13.5. The zero-order valence-corrected chi connectivity index (χ0v) is 21.4. The normalized spacial score (nSPS) is 12.9. The first-order valence-electron chi connectivity index (χ1n) is 12.8. The lowest BCUT2D eigenvalue weighted by atomic mass is 9.97. The predicted octanol–water partition coefficient (Wildman–Crippen LogP) is 6.60. The number of hydrogen-bond acceptors (Lipinski definition) is 5. The standard InChI is InChI=1S/C31H33FN4O/c1-3-22(21-35-25(4-2)11-6-5-9-16-37)23-17-24(20-33-19-23)28-18-30(27-12-7-8-14-29(27)32)36-31-26(28)13-10-15-34-31/h3,5,7-10,12-15,17-20,25,35,37H,4,6,11,16,21H2,1-2H3. The highest BCUT2D eigenvalue weighted by Crippen LogP contribution is 2.33. The molecule has 1 atom stereocenters. The molecular weight excluding hydrogens is 463 g/mol. The van der Waals surface area contributed by atoms with E-state index in [1.54, 1.807) is 24.4 Å². The average molecular weight is 497 g/mol. The fourth-order valence-corrected chi connectivity index (χ4v) is 4.43. The molecule has 4 aromatic rings. The molecule has 6 heteroatoms. The summed E-state index contributed by atoms with van der Waals surface area (Å²) in [6, 6.07) is 15.0. The Bertz CT molecular complexity index is 1400. The van der Waals surface area contributed by atoms with Crippen molar-refractivity contribution in [2.24, 2.45) is 0 Å². The minimum atomic E-state index is -0.317. The quantitative estimate of drug-likeness (QED) is 0.229. The summed E-state index contributed by atoms with van der Waals surface area (Å²) in [4.78, 5) is 13.7. The number of pyridine rings is 3. The molecule has 2 N–H and O–H groups in total. The molecule has 0 amide bonds.